The van der Waals surface area contributed by atoms with Crippen LogP contribution in [0.5, 0.6) is 0 Å². The Kier molecular flexibility index (Phi) is 5.91. The average Bonchev–Trinajstić information content (AvgIpc) is 3.14. The first-order valence-corrected chi connectivity index (χ1v) is 9.09. The zero-order chi connectivity index (χ0) is 17.6. The lowest BCUT2D eigenvalue weighted by molar-refractivity contribution is -0.136. The molecule has 2 saturated heterocycles. The van der Waals surface area contributed by atoms with E-state index in [2.05, 4.69) is 41.4 Å². The van der Waals surface area contributed by atoms with Gasteiger partial charge in [-0.3, -0.25) is 9.59 Å². The van der Waals surface area contributed by atoms with Gasteiger partial charge >= 0.3 is 0 Å². The minimum Gasteiger partial charge on any atom is -0.376 e. The van der Waals surface area contributed by atoms with E-state index in [1.807, 2.05) is 0 Å². The zero-order valence-electron chi connectivity index (χ0n) is 14.9. The summed E-state index contributed by atoms with van der Waals surface area (Å²) in [7, 11) is 0. The van der Waals surface area contributed by atoms with Crippen LogP contribution >= 0.6 is 0 Å². The molecule has 6 nitrogen and oxygen atoms in total. The smallest absolute Gasteiger partial charge is 0.232 e. The summed E-state index contributed by atoms with van der Waals surface area (Å²) in [5, 5.41) is 2.81. The molecule has 2 aliphatic heterocycles. The van der Waals surface area contributed by atoms with Gasteiger partial charge in [0.15, 0.2) is 0 Å². The van der Waals surface area contributed by atoms with Crippen LogP contribution in [-0.4, -0.2) is 62.1 Å². The van der Waals surface area contributed by atoms with Crippen LogP contribution in [0.15, 0.2) is 24.3 Å². The molecule has 1 N–H and O–H groups in total. The molecule has 0 aliphatic carbocycles. The van der Waals surface area contributed by atoms with Crippen molar-refractivity contribution in [2.75, 3.05) is 44.2 Å². The number of nitrogens with zero attached hydrogens (tertiary/aromatic N) is 2. The Balaban J connectivity index is 1.41. The Morgan fingerprint density at radius 2 is 2.04 bits per heavy atom. The van der Waals surface area contributed by atoms with Crippen LogP contribution in [0.2, 0.25) is 0 Å². The van der Waals surface area contributed by atoms with E-state index in [0.29, 0.717) is 19.6 Å². The highest BCUT2D eigenvalue weighted by Gasteiger charge is 2.23. The fraction of sp³-hybridized carbons (Fsp3) is 0.579. The number of benzene rings is 1. The van der Waals surface area contributed by atoms with E-state index in [1.165, 1.54) is 11.3 Å². The number of nitrogens with one attached hydrogen (secondary N) is 1. The highest BCUT2D eigenvalue weighted by Crippen LogP contribution is 2.18. The third-order valence-electron chi connectivity index (χ3n) is 4.86. The number of carbonyl (C=O) groups excluding carboxylic acids is 2. The number of carbonyl (C=O) groups is 2. The minimum atomic E-state index is -0.207. The first kappa shape index (κ1) is 17.7. The van der Waals surface area contributed by atoms with Gasteiger partial charge in [0, 0.05) is 45.0 Å². The molecule has 2 amide bonds. The van der Waals surface area contributed by atoms with Gasteiger partial charge in [0.2, 0.25) is 11.8 Å². The van der Waals surface area contributed by atoms with E-state index < -0.39 is 0 Å². The number of rotatable bonds is 5. The van der Waals surface area contributed by atoms with Crippen molar-refractivity contribution in [1.82, 2.24) is 10.2 Å². The second-order valence-electron chi connectivity index (χ2n) is 6.82. The SMILES string of the molecule is Cc1cccc(N2CCN(C(=O)CC(=O)NCC3CCCO3)CC2)c1. The van der Waals surface area contributed by atoms with Gasteiger partial charge in [0.25, 0.3) is 0 Å². The molecule has 2 fully saturated rings. The summed E-state index contributed by atoms with van der Waals surface area (Å²) >= 11 is 0. The fourth-order valence-electron chi connectivity index (χ4n) is 3.38. The molecular weight excluding hydrogens is 318 g/mol. The van der Waals surface area contributed by atoms with Crippen LogP contribution in [0.25, 0.3) is 0 Å². The standard InChI is InChI=1S/C19H27N3O3/c1-15-4-2-5-16(12-15)21-7-9-22(10-8-21)19(24)13-18(23)20-14-17-6-3-11-25-17/h2,4-5,12,17H,3,6-11,13-14H2,1H3,(H,20,23). The molecule has 1 atom stereocenters. The van der Waals surface area contributed by atoms with Gasteiger partial charge in [0.05, 0.1) is 6.10 Å². The summed E-state index contributed by atoms with van der Waals surface area (Å²) < 4.78 is 5.47. The molecular formula is C19H27N3O3. The molecule has 0 saturated carbocycles. The third-order valence-corrected chi connectivity index (χ3v) is 4.86. The van der Waals surface area contributed by atoms with Crippen molar-refractivity contribution < 1.29 is 14.3 Å². The zero-order valence-corrected chi connectivity index (χ0v) is 14.9. The Labute approximate surface area is 149 Å². The fourth-order valence-corrected chi connectivity index (χ4v) is 3.38. The van der Waals surface area contributed by atoms with E-state index in [-0.39, 0.29) is 24.3 Å². The van der Waals surface area contributed by atoms with Gasteiger partial charge in [-0.2, -0.15) is 0 Å². The monoisotopic (exact) mass is 345 g/mol. The molecule has 1 aromatic rings. The molecule has 0 aromatic heterocycles. The van der Waals surface area contributed by atoms with Crippen LogP contribution in [0.1, 0.15) is 24.8 Å². The predicted molar refractivity (Wildman–Crippen MR) is 96.6 cm³/mol. The van der Waals surface area contributed by atoms with Crippen molar-refractivity contribution in [3.63, 3.8) is 0 Å². The normalized spacial score (nSPS) is 20.6. The van der Waals surface area contributed by atoms with Crippen molar-refractivity contribution in [1.29, 1.82) is 0 Å². The molecule has 2 aliphatic rings. The third kappa shape index (κ3) is 4.95. The lowest BCUT2D eigenvalue weighted by Gasteiger charge is -2.36. The van der Waals surface area contributed by atoms with Gasteiger partial charge in [-0.25, -0.2) is 0 Å². The van der Waals surface area contributed by atoms with E-state index in [4.69, 9.17) is 4.74 Å². The Morgan fingerprint density at radius 1 is 1.24 bits per heavy atom. The van der Waals surface area contributed by atoms with Gasteiger partial charge < -0.3 is 19.9 Å². The van der Waals surface area contributed by atoms with Crippen molar-refractivity contribution in [2.45, 2.75) is 32.3 Å². The van der Waals surface area contributed by atoms with Crippen LogP contribution in [0.3, 0.4) is 0 Å². The molecule has 6 heteroatoms. The number of hydrogen-bond donors (Lipinski definition) is 1. The topological polar surface area (TPSA) is 61.9 Å². The maximum atomic E-state index is 12.3. The number of amides is 2. The Hall–Kier alpha value is -2.08. The second-order valence-corrected chi connectivity index (χ2v) is 6.82. The quantitative estimate of drug-likeness (QED) is 0.818. The summed E-state index contributed by atoms with van der Waals surface area (Å²) in [4.78, 5) is 28.3. The molecule has 2 heterocycles. The lowest BCUT2D eigenvalue weighted by Crippen LogP contribution is -2.49. The number of hydrogen-bond acceptors (Lipinski definition) is 4. The predicted octanol–water partition coefficient (Wildman–Crippen LogP) is 1.33. The van der Waals surface area contributed by atoms with Crippen LogP contribution in [0, 0.1) is 6.92 Å². The Morgan fingerprint density at radius 3 is 2.72 bits per heavy atom. The van der Waals surface area contributed by atoms with Gasteiger partial charge in [0.1, 0.15) is 6.42 Å². The van der Waals surface area contributed by atoms with Crippen molar-refractivity contribution in [3.05, 3.63) is 29.8 Å². The summed E-state index contributed by atoms with van der Waals surface area (Å²) in [6.07, 6.45) is 2.06. The van der Waals surface area contributed by atoms with Crippen molar-refractivity contribution in [2.24, 2.45) is 0 Å². The van der Waals surface area contributed by atoms with Crippen LogP contribution in [0.4, 0.5) is 5.69 Å². The largest absolute Gasteiger partial charge is 0.376 e. The average molecular weight is 345 g/mol. The summed E-state index contributed by atoms with van der Waals surface area (Å²) in [5.74, 6) is -0.296. The van der Waals surface area contributed by atoms with E-state index in [1.54, 1.807) is 4.90 Å². The molecule has 136 valence electrons. The maximum Gasteiger partial charge on any atom is 0.232 e. The van der Waals surface area contributed by atoms with Gasteiger partial charge in [-0.15, -0.1) is 0 Å². The minimum absolute atomic E-state index is 0.0723. The molecule has 0 spiro atoms. The molecule has 0 radical (unpaired) electrons. The number of ether oxygens (including phenoxy) is 1. The van der Waals surface area contributed by atoms with Gasteiger partial charge in [-0.1, -0.05) is 12.1 Å². The first-order valence-electron chi connectivity index (χ1n) is 9.09. The molecule has 3 rings (SSSR count). The maximum absolute atomic E-state index is 12.3. The first-order chi connectivity index (χ1) is 12.1. The molecule has 25 heavy (non-hydrogen) atoms. The van der Waals surface area contributed by atoms with Crippen molar-refractivity contribution in [3.8, 4) is 0 Å². The van der Waals surface area contributed by atoms with E-state index >= 15 is 0 Å². The number of aryl methyl sites for hydroxylation is 1. The molecule has 0 bridgehead atoms. The summed E-state index contributed by atoms with van der Waals surface area (Å²) in [6.45, 7) is 6.27. The highest BCUT2D eigenvalue weighted by atomic mass is 16.5. The van der Waals surface area contributed by atoms with Gasteiger partial charge in [-0.05, 0) is 37.5 Å². The van der Waals surface area contributed by atoms with E-state index in [9.17, 15) is 9.59 Å². The lowest BCUT2D eigenvalue weighted by atomic mass is 10.2. The number of anilines is 1. The molecule has 1 aromatic carbocycles. The van der Waals surface area contributed by atoms with Crippen LogP contribution < -0.4 is 10.2 Å². The highest BCUT2D eigenvalue weighted by molar-refractivity contribution is 5.97. The second kappa shape index (κ2) is 8.34. The summed E-state index contributed by atoms with van der Waals surface area (Å²) in [5.41, 5.74) is 2.43. The summed E-state index contributed by atoms with van der Waals surface area (Å²) in [6, 6.07) is 8.40. The molecule has 1 unspecified atom stereocenters. The Bertz CT molecular complexity index is 606. The van der Waals surface area contributed by atoms with Crippen LogP contribution in [-0.2, 0) is 14.3 Å². The number of piperazine rings is 1. The van der Waals surface area contributed by atoms with Crippen molar-refractivity contribution >= 4 is 17.5 Å². The van der Waals surface area contributed by atoms with E-state index in [0.717, 1.165) is 32.5 Å².